The van der Waals surface area contributed by atoms with E-state index in [2.05, 4.69) is 15.2 Å². The molecule has 2 saturated heterocycles. The Balaban J connectivity index is 0.000000169. The standard InChI is InChI=1S/C14H15FN2.C13H12N2O4.H2/c15-14-5-3-4-11-9-16-12(8-13(11)14)10-17-6-1-2-7-17;16-8-1-2-9-7(5-8)6-15(13(9)19)10-3-4-11(17)14-12(10)18;/h3-5,8-9H,1-2,6-7,10H2;1-2,5,10,16H,3-4,6H2,(H,14,17,18);1H. The third-order valence-corrected chi connectivity index (χ3v) is 6.86. The molecule has 3 aromatic rings. The highest BCUT2D eigenvalue weighted by Gasteiger charge is 2.39. The first-order valence-electron chi connectivity index (χ1n) is 12.1. The number of aromatic nitrogens is 1. The maximum Gasteiger partial charge on any atom is 0.255 e. The summed E-state index contributed by atoms with van der Waals surface area (Å²) in [4.78, 5) is 43.3. The zero-order valence-corrected chi connectivity index (χ0v) is 19.7. The van der Waals surface area contributed by atoms with Crippen molar-refractivity contribution in [1.29, 1.82) is 0 Å². The molecule has 9 heteroatoms. The number of hydrogen-bond acceptors (Lipinski definition) is 6. The molecule has 0 aliphatic carbocycles. The number of nitrogens with zero attached hydrogens (tertiary/aromatic N) is 3. The minimum atomic E-state index is -0.611. The second-order valence-corrected chi connectivity index (χ2v) is 9.36. The lowest BCUT2D eigenvalue weighted by molar-refractivity contribution is -0.136. The molecule has 0 radical (unpaired) electrons. The number of hydrogen-bond donors (Lipinski definition) is 2. The number of pyridine rings is 1. The highest BCUT2D eigenvalue weighted by Crippen LogP contribution is 2.29. The molecule has 2 N–H and O–H groups in total. The number of piperidine rings is 1. The number of phenolic OH excluding ortho intramolecular Hbond substituents is 1. The fourth-order valence-corrected chi connectivity index (χ4v) is 4.99. The predicted molar refractivity (Wildman–Crippen MR) is 132 cm³/mol. The fraction of sp³-hybridized carbons (Fsp3) is 0.333. The first kappa shape index (κ1) is 23.9. The Hall–Kier alpha value is -3.85. The lowest BCUT2D eigenvalue weighted by atomic mass is 10.0. The predicted octanol–water partition coefficient (Wildman–Crippen LogP) is 3.37. The maximum atomic E-state index is 13.6. The van der Waals surface area contributed by atoms with Crippen molar-refractivity contribution in [2.45, 2.75) is 44.8 Å². The quantitative estimate of drug-likeness (QED) is 0.544. The van der Waals surface area contributed by atoms with Crippen LogP contribution in [0.15, 0.2) is 48.7 Å². The van der Waals surface area contributed by atoms with E-state index in [1.165, 1.54) is 35.9 Å². The summed E-state index contributed by atoms with van der Waals surface area (Å²) in [6, 6.07) is 10.9. The first-order chi connectivity index (χ1) is 17.4. The SMILES string of the molecule is Fc1cccc2cnc(CN3CCCC3)cc12.O=C1CCC(N2Cc3cc(O)ccc3C2=O)C(=O)N1.[HH]. The minimum Gasteiger partial charge on any atom is -0.508 e. The molecule has 2 aromatic carbocycles. The smallest absolute Gasteiger partial charge is 0.255 e. The number of imide groups is 1. The number of benzene rings is 2. The Morgan fingerprint density at radius 3 is 2.69 bits per heavy atom. The summed E-state index contributed by atoms with van der Waals surface area (Å²) in [5, 5.41) is 13.2. The van der Waals surface area contributed by atoms with Crippen molar-refractivity contribution in [2.75, 3.05) is 13.1 Å². The number of carbonyl (C=O) groups is 3. The van der Waals surface area contributed by atoms with Gasteiger partial charge >= 0.3 is 0 Å². The van der Waals surface area contributed by atoms with Gasteiger partial charge in [0, 0.05) is 43.5 Å². The van der Waals surface area contributed by atoms with E-state index in [4.69, 9.17) is 0 Å². The zero-order chi connectivity index (χ0) is 25.2. The van der Waals surface area contributed by atoms with E-state index in [-0.39, 0.29) is 37.8 Å². The van der Waals surface area contributed by atoms with Crippen molar-refractivity contribution in [3.05, 3.63) is 71.3 Å². The fourth-order valence-electron chi connectivity index (χ4n) is 4.99. The largest absolute Gasteiger partial charge is 0.508 e. The molecular formula is C27H29FN4O4. The van der Waals surface area contributed by atoms with Crippen LogP contribution in [0.25, 0.3) is 10.8 Å². The van der Waals surface area contributed by atoms with Crippen LogP contribution >= 0.6 is 0 Å². The number of nitrogens with one attached hydrogen (secondary N) is 1. The van der Waals surface area contributed by atoms with Gasteiger partial charge in [-0.25, -0.2) is 4.39 Å². The molecule has 3 aliphatic rings. The van der Waals surface area contributed by atoms with Crippen molar-refractivity contribution in [3.63, 3.8) is 0 Å². The third-order valence-electron chi connectivity index (χ3n) is 6.86. The average Bonchev–Trinajstić information content (AvgIpc) is 3.48. The molecule has 0 bridgehead atoms. The van der Waals surface area contributed by atoms with E-state index in [1.807, 2.05) is 12.1 Å². The van der Waals surface area contributed by atoms with Gasteiger partial charge in [0.2, 0.25) is 11.8 Å². The number of amides is 3. The molecule has 3 aliphatic heterocycles. The van der Waals surface area contributed by atoms with Gasteiger partial charge in [-0.05, 0) is 68.2 Å². The molecule has 3 amide bonds. The minimum absolute atomic E-state index is 0. The van der Waals surface area contributed by atoms with Crippen LogP contribution in [0.2, 0.25) is 0 Å². The van der Waals surface area contributed by atoms with Gasteiger partial charge in [0.05, 0.1) is 5.69 Å². The lowest BCUT2D eigenvalue weighted by Gasteiger charge is -2.29. The molecule has 0 saturated carbocycles. The summed E-state index contributed by atoms with van der Waals surface area (Å²) < 4.78 is 13.6. The molecule has 188 valence electrons. The molecule has 6 rings (SSSR count). The molecule has 1 atom stereocenters. The number of likely N-dealkylation sites (tertiary alicyclic amines) is 1. The van der Waals surface area contributed by atoms with Gasteiger partial charge in [-0.2, -0.15) is 0 Å². The van der Waals surface area contributed by atoms with E-state index in [9.17, 15) is 23.9 Å². The molecule has 0 spiro atoms. The van der Waals surface area contributed by atoms with E-state index in [1.54, 1.807) is 18.3 Å². The normalized spacial score (nSPS) is 19.8. The van der Waals surface area contributed by atoms with Gasteiger partial charge in [-0.3, -0.25) is 29.6 Å². The van der Waals surface area contributed by atoms with Crippen LogP contribution in [0.4, 0.5) is 4.39 Å². The number of fused-ring (bicyclic) bond motifs is 2. The Morgan fingerprint density at radius 1 is 1.11 bits per heavy atom. The van der Waals surface area contributed by atoms with Crippen molar-refractivity contribution >= 4 is 28.5 Å². The summed E-state index contributed by atoms with van der Waals surface area (Å²) in [6.45, 7) is 3.40. The van der Waals surface area contributed by atoms with Gasteiger partial charge in [-0.1, -0.05) is 12.1 Å². The summed E-state index contributed by atoms with van der Waals surface area (Å²) in [7, 11) is 0. The lowest BCUT2D eigenvalue weighted by Crippen LogP contribution is -2.52. The molecule has 8 nitrogen and oxygen atoms in total. The van der Waals surface area contributed by atoms with E-state index >= 15 is 0 Å². The highest BCUT2D eigenvalue weighted by molar-refractivity contribution is 6.05. The van der Waals surface area contributed by atoms with Crippen molar-refractivity contribution < 1.29 is 25.3 Å². The highest BCUT2D eigenvalue weighted by atomic mass is 19.1. The molecule has 1 aromatic heterocycles. The second kappa shape index (κ2) is 10.0. The number of carbonyl (C=O) groups excluding carboxylic acids is 3. The monoisotopic (exact) mass is 492 g/mol. The topological polar surface area (TPSA) is 103 Å². The van der Waals surface area contributed by atoms with Crippen LogP contribution in [0.3, 0.4) is 0 Å². The first-order valence-corrected chi connectivity index (χ1v) is 12.1. The Morgan fingerprint density at radius 2 is 1.92 bits per heavy atom. The third kappa shape index (κ3) is 4.92. The van der Waals surface area contributed by atoms with Gasteiger partial charge in [0.1, 0.15) is 17.6 Å². The summed E-state index contributed by atoms with van der Waals surface area (Å²) in [6.07, 6.45) is 4.88. The zero-order valence-electron chi connectivity index (χ0n) is 19.7. The van der Waals surface area contributed by atoms with Gasteiger partial charge < -0.3 is 10.0 Å². The summed E-state index contributed by atoms with van der Waals surface area (Å²) in [5.74, 6) is -1.03. The van der Waals surface area contributed by atoms with Crippen LogP contribution in [0, 0.1) is 5.82 Å². The van der Waals surface area contributed by atoms with Crippen molar-refractivity contribution in [1.82, 2.24) is 20.1 Å². The maximum absolute atomic E-state index is 13.6. The van der Waals surface area contributed by atoms with E-state index in [0.29, 0.717) is 22.9 Å². The van der Waals surface area contributed by atoms with Gasteiger partial charge in [0.25, 0.3) is 5.91 Å². The van der Waals surface area contributed by atoms with Crippen LogP contribution in [0.5, 0.6) is 5.75 Å². The van der Waals surface area contributed by atoms with Crippen molar-refractivity contribution in [2.24, 2.45) is 0 Å². The van der Waals surface area contributed by atoms with E-state index in [0.717, 1.165) is 30.7 Å². The number of halogens is 1. The summed E-state index contributed by atoms with van der Waals surface area (Å²) in [5.41, 5.74) is 2.17. The molecule has 36 heavy (non-hydrogen) atoms. The van der Waals surface area contributed by atoms with Crippen LogP contribution in [0.1, 0.15) is 48.7 Å². The average molecular weight is 493 g/mol. The Kier molecular flexibility index (Phi) is 6.65. The van der Waals surface area contributed by atoms with Gasteiger partial charge in [-0.15, -0.1) is 0 Å². The van der Waals surface area contributed by atoms with E-state index < -0.39 is 11.9 Å². The molecule has 4 heterocycles. The number of rotatable bonds is 3. The van der Waals surface area contributed by atoms with Crippen LogP contribution in [-0.2, 0) is 22.7 Å². The molecule has 2 fully saturated rings. The number of aromatic hydroxyl groups is 1. The Bertz CT molecular complexity index is 1350. The second-order valence-electron chi connectivity index (χ2n) is 9.36. The molecule has 1 unspecified atom stereocenters. The van der Waals surface area contributed by atoms with Crippen molar-refractivity contribution in [3.8, 4) is 5.75 Å². The summed E-state index contributed by atoms with van der Waals surface area (Å²) >= 11 is 0. The molecular weight excluding hydrogens is 463 g/mol. The van der Waals surface area contributed by atoms with Gasteiger partial charge in [0.15, 0.2) is 0 Å². The van der Waals surface area contributed by atoms with Crippen LogP contribution in [-0.4, -0.2) is 56.7 Å². The number of phenols is 1. The Labute approximate surface area is 209 Å². The van der Waals surface area contributed by atoms with Crippen LogP contribution < -0.4 is 5.32 Å².